The van der Waals surface area contributed by atoms with E-state index < -0.39 is 10.0 Å². The number of aromatic nitrogens is 1. The number of sulfonamides is 1. The van der Waals surface area contributed by atoms with Crippen LogP contribution in [0.15, 0.2) is 57.8 Å². The van der Waals surface area contributed by atoms with E-state index in [1.165, 1.54) is 20.2 Å². The second kappa shape index (κ2) is 8.18. The quantitative estimate of drug-likeness (QED) is 0.669. The van der Waals surface area contributed by atoms with Gasteiger partial charge in [-0.2, -0.15) is 0 Å². The lowest BCUT2D eigenvalue weighted by atomic mass is 10.2. The van der Waals surface area contributed by atoms with Crippen molar-refractivity contribution in [1.82, 2.24) is 9.29 Å². The first kappa shape index (κ1) is 20.8. The van der Waals surface area contributed by atoms with Crippen LogP contribution < -0.4 is 5.32 Å². The molecule has 1 amide bonds. The van der Waals surface area contributed by atoms with Crippen molar-refractivity contribution in [2.24, 2.45) is 0 Å². The molecular formula is C21H23N3O4S. The number of rotatable bonds is 6. The molecule has 0 atom stereocenters. The number of anilines is 1. The van der Waals surface area contributed by atoms with Crippen LogP contribution in [0.5, 0.6) is 0 Å². The van der Waals surface area contributed by atoms with Gasteiger partial charge in [0.1, 0.15) is 5.76 Å². The van der Waals surface area contributed by atoms with E-state index >= 15 is 0 Å². The maximum Gasteiger partial charge on any atom is 0.242 e. The van der Waals surface area contributed by atoms with E-state index in [2.05, 4.69) is 10.3 Å². The number of carbonyl (C=O) groups excluding carboxylic acids is 1. The zero-order valence-corrected chi connectivity index (χ0v) is 17.6. The highest BCUT2D eigenvalue weighted by atomic mass is 32.2. The maximum atomic E-state index is 12.5. The first-order valence-corrected chi connectivity index (χ1v) is 10.5. The molecule has 0 saturated carbocycles. The fraction of sp³-hybridized carbons (Fsp3) is 0.238. The van der Waals surface area contributed by atoms with Crippen LogP contribution in [0.25, 0.3) is 11.5 Å². The Hall–Kier alpha value is -2.97. The Bertz CT molecular complexity index is 1140. The molecule has 0 fully saturated rings. The van der Waals surface area contributed by atoms with Crippen LogP contribution >= 0.6 is 0 Å². The Balaban J connectivity index is 1.78. The van der Waals surface area contributed by atoms with Crippen LogP contribution in [0.4, 0.5) is 5.69 Å². The second-order valence-corrected chi connectivity index (χ2v) is 9.00. The number of amides is 1. The molecule has 1 aromatic heterocycles. The van der Waals surface area contributed by atoms with Gasteiger partial charge in [-0.1, -0.05) is 24.3 Å². The highest BCUT2D eigenvalue weighted by Gasteiger charge is 2.21. The maximum absolute atomic E-state index is 12.5. The number of carbonyl (C=O) groups is 1. The molecule has 0 radical (unpaired) electrons. The summed E-state index contributed by atoms with van der Waals surface area (Å²) in [6.45, 7) is 3.47. The Labute approximate surface area is 170 Å². The van der Waals surface area contributed by atoms with E-state index in [4.69, 9.17) is 4.42 Å². The normalized spacial score (nSPS) is 11.6. The molecule has 29 heavy (non-hydrogen) atoms. The standard InChI is InChI=1S/C21H23N3O4S/c1-14-10-11-17(12-19(14)29(26,27)24(3)4)22-20(25)13-18-15(2)28-21(23-18)16-8-6-5-7-9-16/h5-12H,13H2,1-4H3,(H,22,25). The number of nitrogens with zero attached hydrogens (tertiary/aromatic N) is 2. The number of hydrogen-bond acceptors (Lipinski definition) is 5. The molecule has 0 aliphatic rings. The van der Waals surface area contributed by atoms with Crippen molar-refractivity contribution in [2.45, 2.75) is 25.2 Å². The fourth-order valence-electron chi connectivity index (χ4n) is 2.81. The third-order valence-corrected chi connectivity index (χ3v) is 6.43. The second-order valence-electron chi connectivity index (χ2n) is 6.88. The minimum atomic E-state index is -3.60. The summed E-state index contributed by atoms with van der Waals surface area (Å²) in [5.74, 6) is 0.720. The summed E-state index contributed by atoms with van der Waals surface area (Å²) in [4.78, 5) is 17.1. The molecule has 0 bridgehead atoms. The molecule has 3 rings (SSSR count). The summed E-state index contributed by atoms with van der Waals surface area (Å²) in [7, 11) is -0.664. The van der Waals surface area contributed by atoms with E-state index in [1.54, 1.807) is 26.0 Å². The van der Waals surface area contributed by atoms with Gasteiger partial charge in [0.15, 0.2) is 0 Å². The van der Waals surface area contributed by atoms with Crippen LogP contribution in [-0.4, -0.2) is 37.7 Å². The topological polar surface area (TPSA) is 92.5 Å². The first-order chi connectivity index (χ1) is 13.7. The van der Waals surface area contributed by atoms with E-state index in [-0.39, 0.29) is 17.2 Å². The Morgan fingerprint density at radius 1 is 1.10 bits per heavy atom. The van der Waals surface area contributed by atoms with E-state index in [0.29, 0.717) is 28.6 Å². The van der Waals surface area contributed by atoms with Crippen molar-refractivity contribution >= 4 is 21.6 Å². The third kappa shape index (κ3) is 4.55. The van der Waals surface area contributed by atoms with Gasteiger partial charge >= 0.3 is 0 Å². The third-order valence-electron chi connectivity index (χ3n) is 4.47. The zero-order chi connectivity index (χ0) is 21.2. The largest absolute Gasteiger partial charge is 0.441 e. The smallest absolute Gasteiger partial charge is 0.242 e. The number of benzene rings is 2. The number of oxazole rings is 1. The molecule has 0 unspecified atom stereocenters. The van der Waals surface area contributed by atoms with Crippen LogP contribution in [-0.2, 0) is 21.2 Å². The molecule has 1 N–H and O–H groups in total. The molecule has 0 aliphatic carbocycles. The van der Waals surface area contributed by atoms with Gasteiger partial charge in [0.2, 0.25) is 21.8 Å². The van der Waals surface area contributed by atoms with Gasteiger partial charge in [-0.15, -0.1) is 0 Å². The van der Waals surface area contributed by atoms with Crippen LogP contribution in [0.2, 0.25) is 0 Å². The lowest BCUT2D eigenvalue weighted by molar-refractivity contribution is -0.115. The van der Waals surface area contributed by atoms with Crippen molar-refractivity contribution < 1.29 is 17.6 Å². The molecule has 0 aliphatic heterocycles. The highest BCUT2D eigenvalue weighted by molar-refractivity contribution is 7.89. The monoisotopic (exact) mass is 413 g/mol. The van der Waals surface area contributed by atoms with Crippen molar-refractivity contribution in [1.29, 1.82) is 0 Å². The molecule has 2 aromatic carbocycles. The first-order valence-electron chi connectivity index (χ1n) is 9.03. The Morgan fingerprint density at radius 3 is 2.45 bits per heavy atom. The van der Waals surface area contributed by atoms with E-state index in [9.17, 15) is 13.2 Å². The number of nitrogens with one attached hydrogen (secondary N) is 1. The fourth-order valence-corrected chi connectivity index (χ4v) is 3.95. The minimum absolute atomic E-state index is 0.0197. The van der Waals surface area contributed by atoms with Gasteiger partial charge in [0.25, 0.3) is 0 Å². The summed E-state index contributed by atoms with van der Waals surface area (Å²) in [5, 5.41) is 2.74. The summed E-state index contributed by atoms with van der Waals surface area (Å²) in [6, 6.07) is 14.2. The summed E-state index contributed by atoms with van der Waals surface area (Å²) in [5.41, 5.74) is 2.39. The van der Waals surface area contributed by atoms with E-state index in [1.807, 2.05) is 30.3 Å². The van der Waals surface area contributed by atoms with Gasteiger partial charge in [0, 0.05) is 25.3 Å². The van der Waals surface area contributed by atoms with Crippen molar-refractivity contribution in [2.75, 3.05) is 19.4 Å². The minimum Gasteiger partial charge on any atom is -0.441 e. The SMILES string of the molecule is Cc1ccc(NC(=O)Cc2nc(-c3ccccc3)oc2C)cc1S(=O)(=O)N(C)C. The Morgan fingerprint density at radius 2 is 1.79 bits per heavy atom. The van der Waals surface area contributed by atoms with Crippen molar-refractivity contribution in [3.63, 3.8) is 0 Å². The summed E-state index contributed by atoms with van der Waals surface area (Å²) < 4.78 is 31.7. The molecule has 1 heterocycles. The predicted octanol–water partition coefficient (Wildman–Crippen LogP) is 3.39. The van der Waals surface area contributed by atoms with Crippen LogP contribution in [0.1, 0.15) is 17.0 Å². The average molecular weight is 413 g/mol. The molecule has 7 nitrogen and oxygen atoms in total. The Kier molecular flexibility index (Phi) is 5.86. The lowest BCUT2D eigenvalue weighted by Gasteiger charge is -2.15. The van der Waals surface area contributed by atoms with Gasteiger partial charge < -0.3 is 9.73 Å². The van der Waals surface area contributed by atoms with Crippen LogP contribution in [0, 0.1) is 13.8 Å². The molecule has 0 saturated heterocycles. The highest BCUT2D eigenvalue weighted by Crippen LogP contribution is 2.24. The summed E-state index contributed by atoms with van der Waals surface area (Å²) >= 11 is 0. The predicted molar refractivity (Wildman–Crippen MR) is 111 cm³/mol. The number of hydrogen-bond donors (Lipinski definition) is 1. The van der Waals surface area contributed by atoms with Gasteiger partial charge in [0.05, 0.1) is 17.0 Å². The van der Waals surface area contributed by atoms with Crippen molar-refractivity contribution in [3.05, 3.63) is 65.5 Å². The molecule has 152 valence electrons. The lowest BCUT2D eigenvalue weighted by Crippen LogP contribution is -2.23. The number of aryl methyl sites for hydroxylation is 2. The molecule has 3 aromatic rings. The van der Waals surface area contributed by atoms with Gasteiger partial charge in [-0.3, -0.25) is 4.79 Å². The molecular weight excluding hydrogens is 390 g/mol. The zero-order valence-electron chi connectivity index (χ0n) is 16.8. The van der Waals surface area contributed by atoms with Crippen molar-refractivity contribution in [3.8, 4) is 11.5 Å². The molecule has 0 spiro atoms. The van der Waals surface area contributed by atoms with Crippen LogP contribution in [0.3, 0.4) is 0 Å². The van der Waals surface area contributed by atoms with Gasteiger partial charge in [-0.05, 0) is 43.7 Å². The van der Waals surface area contributed by atoms with E-state index in [0.717, 1.165) is 9.87 Å². The van der Waals surface area contributed by atoms with Gasteiger partial charge in [-0.25, -0.2) is 17.7 Å². The summed E-state index contributed by atoms with van der Waals surface area (Å²) in [6.07, 6.45) is 0.0197. The average Bonchev–Trinajstić information content (AvgIpc) is 3.04. The molecule has 8 heteroatoms.